The number of carbonyl (C=O) groups is 2. The average Bonchev–Trinajstić information content (AvgIpc) is 2.96. The van der Waals surface area contributed by atoms with Crippen LogP contribution in [0, 0.1) is 18.6 Å². The van der Waals surface area contributed by atoms with Crippen molar-refractivity contribution in [3.05, 3.63) is 77.6 Å². The van der Waals surface area contributed by atoms with Crippen LogP contribution in [0.2, 0.25) is 0 Å². The molecule has 2 N–H and O–H groups in total. The van der Waals surface area contributed by atoms with Gasteiger partial charge >= 0.3 is 0 Å². The lowest BCUT2D eigenvalue weighted by atomic mass is 10.0. The van der Waals surface area contributed by atoms with Crippen LogP contribution in [0.15, 0.2) is 54.2 Å². The molecule has 2 aromatic heterocycles. The van der Waals surface area contributed by atoms with Gasteiger partial charge < -0.3 is 15.5 Å². The Labute approximate surface area is 244 Å². The number of rotatable bonds is 7. The highest BCUT2D eigenvalue weighted by Crippen LogP contribution is 2.37. The lowest BCUT2D eigenvalue weighted by molar-refractivity contribution is -0.128. The fourth-order valence-electron chi connectivity index (χ4n) is 5.26. The number of hydrogen-bond acceptors (Lipinski definition) is 6. The SMILES string of the molecule is C=CC(=O)N1CCN(/C(=N/C)c2cc(F)c(-c3cc(N)ccc3F)nc2N(C=O)c2c(C)ccnc2C(C)C)C(C)C1. The Kier molecular flexibility index (Phi) is 8.99. The predicted octanol–water partition coefficient (Wildman–Crippen LogP) is 4.83. The van der Waals surface area contributed by atoms with E-state index in [4.69, 9.17) is 5.73 Å². The van der Waals surface area contributed by atoms with E-state index in [0.717, 1.165) is 11.6 Å². The normalized spacial score (nSPS) is 15.6. The summed E-state index contributed by atoms with van der Waals surface area (Å²) in [6.45, 7) is 12.4. The second-order valence-electron chi connectivity index (χ2n) is 10.5. The number of benzene rings is 1. The van der Waals surface area contributed by atoms with Crippen molar-refractivity contribution >= 4 is 35.3 Å². The van der Waals surface area contributed by atoms with E-state index in [9.17, 15) is 14.0 Å². The number of hydrogen-bond donors (Lipinski definition) is 1. The lowest BCUT2D eigenvalue weighted by Gasteiger charge is -2.41. The molecule has 1 fully saturated rings. The van der Waals surface area contributed by atoms with E-state index in [1.54, 1.807) is 24.2 Å². The molecule has 11 heteroatoms. The van der Waals surface area contributed by atoms with Crippen LogP contribution >= 0.6 is 0 Å². The predicted molar refractivity (Wildman–Crippen MR) is 161 cm³/mol. The van der Waals surface area contributed by atoms with Crippen molar-refractivity contribution in [2.45, 2.75) is 39.7 Å². The molecule has 9 nitrogen and oxygen atoms in total. The van der Waals surface area contributed by atoms with Crippen LogP contribution in [0.5, 0.6) is 0 Å². The molecule has 3 aromatic rings. The Bertz CT molecular complexity index is 1560. The van der Waals surface area contributed by atoms with E-state index < -0.39 is 11.6 Å². The first-order chi connectivity index (χ1) is 20.0. The van der Waals surface area contributed by atoms with E-state index in [0.29, 0.717) is 43.3 Å². The Morgan fingerprint density at radius 3 is 2.57 bits per heavy atom. The van der Waals surface area contributed by atoms with Gasteiger partial charge in [-0.05, 0) is 61.7 Å². The molecular weight excluding hydrogens is 540 g/mol. The first-order valence-electron chi connectivity index (χ1n) is 13.6. The number of piperazine rings is 1. The number of nitrogens with zero attached hydrogens (tertiary/aromatic N) is 6. The molecule has 220 valence electrons. The first-order valence-corrected chi connectivity index (χ1v) is 13.6. The summed E-state index contributed by atoms with van der Waals surface area (Å²) in [6, 6.07) is 6.59. The van der Waals surface area contributed by atoms with Gasteiger partial charge in [0.25, 0.3) is 0 Å². The quantitative estimate of drug-likeness (QED) is 0.142. The number of carbonyl (C=O) groups excluding carboxylic acids is 2. The Morgan fingerprint density at radius 1 is 1.21 bits per heavy atom. The minimum absolute atomic E-state index is 0.0543. The minimum atomic E-state index is -0.814. The van der Waals surface area contributed by atoms with Crippen molar-refractivity contribution in [1.82, 2.24) is 19.8 Å². The number of amides is 2. The molecule has 2 amide bonds. The van der Waals surface area contributed by atoms with Crippen LogP contribution in [0.3, 0.4) is 0 Å². The highest BCUT2D eigenvalue weighted by Gasteiger charge is 2.33. The minimum Gasteiger partial charge on any atom is -0.399 e. The molecule has 1 atom stereocenters. The zero-order valence-corrected chi connectivity index (χ0v) is 24.4. The van der Waals surface area contributed by atoms with Crippen molar-refractivity contribution in [2.24, 2.45) is 4.99 Å². The number of aromatic nitrogens is 2. The molecule has 0 bridgehead atoms. The molecule has 1 unspecified atom stereocenters. The number of nitrogens with two attached hydrogens (primary N) is 1. The number of halogens is 2. The fraction of sp³-hybridized carbons (Fsp3) is 0.323. The molecule has 0 radical (unpaired) electrons. The van der Waals surface area contributed by atoms with Gasteiger partial charge in [0.05, 0.1) is 16.9 Å². The topological polar surface area (TPSA) is 108 Å². The van der Waals surface area contributed by atoms with Crippen LogP contribution in [0.4, 0.5) is 26.0 Å². The van der Waals surface area contributed by atoms with E-state index in [2.05, 4.69) is 21.5 Å². The molecule has 0 saturated carbocycles. The summed E-state index contributed by atoms with van der Waals surface area (Å²) in [6.07, 6.45) is 3.53. The van der Waals surface area contributed by atoms with Gasteiger partial charge in [0, 0.05) is 50.2 Å². The molecule has 1 aliphatic heterocycles. The summed E-state index contributed by atoms with van der Waals surface area (Å²) >= 11 is 0. The van der Waals surface area contributed by atoms with E-state index in [-0.39, 0.29) is 46.2 Å². The van der Waals surface area contributed by atoms with E-state index in [1.807, 2.05) is 32.6 Å². The summed E-state index contributed by atoms with van der Waals surface area (Å²) in [7, 11) is 1.57. The summed E-state index contributed by atoms with van der Waals surface area (Å²) in [5, 5.41) is 0. The van der Waals surface area contributed by atoms with Gasteiger partial charge in [0.1, 0.15) is 23.2 Å². The molecular formula is C31H35F2N7O2. The largest absolute Gasteiger partial charge is 0.399 e. The maximum atomic E-state index is 15.9. The van der Waals surface area contributed by atoms with Gasteiger partial charge in [-0.15, -0.1) is 0 Å². The van der Waals surface area contributed by atoms with Gasteiger partial charge in [0.2, 0.25) is 12.3 Å². The maximum absolute atomic E-state index is 15.9. The molecule has 3 heterocycles. The third-order valence-electron chi connectivity index (χ3n) is 7.32. The van der Waals surface area contributed by atoms with Crippen molar-refractivity contribution < 1.29 is 18.4 Å². The Balaban J connectivity index is 1.97. The standard InChI is InChI=1S/C31H35F2N7O2/c1-7-26(42)38-12-13-39(20(5)16-38)30(35-6)23-15-25(33)28(22-14-21(34)8-9-24(22)32)37-31(23)40(17-41)29-19(4)10-11-36-27(29)18(2)3/h7-11,14-15,17-18,20H,1,12-13,16,34H2,2-6H3/b35-30+. The Hall–Kier alpha value is -4.67. The van der Waals surface area contributed by atoms with Crippen LogP contribution in [0.1, 0.15) is 43.5 Å². The number of nitrogen functional groups attached to an aromatic ring is 1. The van der Waals surface area contributed by atoms with Gasteiger partial charge in [0.15, 0.2) is 5.82 Å². The zero-order chi connectivity index (χ0) is 30.7. The fourth-order valence-corrected chi connectivity index (χ4v) is 5.26. The molecule has 1 saturated heterocycles. The van der Waals surface area contributed by atoms with Crippen molar-refractivity contribution in [3.8, 4) is 11.3 Å². The van der Waals surface area contributed by atoms with Crippen LogP contribution < -0.4 is 10.6 Å². The third-order valence-corrected chi connectivity index (χ3v) is 7.32. The number of pyridine rings is 2. The molecule has 4 rings (SSSR count). The summed E-state index contributed by atoms with van der Waals surface area (Å²) in [4.78, 5) is 43.7. The number of amidine groups is 1. The number of anilines is 3. The van der Waals surface area contributed by atoms with Gasteiger partial charge in [-0.1, -0.05) is 20.4 Å². The monoisotopic (exact) mass is 575 g/mol. The van der Waals surface area contributed by atoms with Crippen LogP contribution in [-0.2, 0) is 9.59 Å². The molecule has 0 spiro atoms. The average molecular weight is 576 g/mol. The van der Waals surface area contributed by atoms with Crippen molar-refractivity contribution in [2.75, 3.05) is 37.3 Å². The lowest BCUT2D eigenvalue weighted by Crippen LogP contribution is -2.55. The second kappa shape index (κ2) is 12.5. The highest BCUT2D eigenvalue weighted by atomic mass is 19.1. The zero-order valence-electron chi connectivity index (χ0n) is 24.4. The molecule has 0 aliphatic carbocycles. The molecule has 42 heavy (non-hydrogen) atoms. The summed E-state index contributed by atoms with van der Waals surface area (Å²) in [5.74, 6) is -1.35. The van der Waals surface area contributed by atoms with E-state index in [1.165, 1.54) is 29.2 Å². The highest BCUT2D eigenvalue weighted by molar-refractivity contribution is 6.07. The first kappa shape index (κ1) is 30.3. The van der Waals surface area contributed by atoms with Crippen molar-refractivity contribution in [1.29, 1.82) is 0 Å². The van der Waals surface area contributed by atoms with Crippen molar-refractivity contribution in [3.63, 3.8) is 0 Å². The Morgan fingerprint density at radius 2 is 1.95 bits per heavy atom. The van der Waals surface area contributed by atoms with Gasteiger partial charge in [-0.2, -0.15) is 0 Å². The third kappa shape index (κ3) is 5.72. The van der Waals surface area contributed by atoms with Crippen LogP contribution in [-0.4, -0.2) is 70.6 Å². The molecule has 1 aromatic carbocycles. The summed E-state index contributed by atoms with van der Waals surface area (Å²) < 4.78 is 30.9. The summed E-state index contributed by atoms with van der Waals surface area (Å²) in [5.41, 5.74) is 7.79. The van der Waals surface area contributed by atoms with Gasteiger partial charge in [-0.25, -0.2) is 13.8 Å². The number of aryl methyl sites for hydroxylation is 1. The van der Waals surface area contributed by atoms with E-state index >= 15 is 4.39 Å². The maximum Gasteiger partial charge on any atom is 0.246 e. The smallest absolute Gasteiger partial charge is 0.246 e. The van der Waals surface area contributed by atoms with Gasteiger partial charge in [-0.3, -0.25) is 24.5 Å². The second-order valence-corrected chi connectivity index (χ2v) is 10.5. The van der Waals surface area contributed by atoms with Crippen LogP contribution in [0.25, 0.3) is 11.3 Å². The molecule has 1 aliphatic rings. The number of aliphatic imine (C=N–C) groups is 1.